The normalized spacial score (nSPS) is 14.2. The molecule has 3 nitrogen and oxygen atoms in total. The molecular formula is C13H14N2O. The molecule has 82 valence electrons. The number of carbonyl (C=O) groups is 1. The Balaban J connectivity index is 2.07. The molecule has 1 saturated carbocycles. The van der Waals surface area contributed by atoms with Gasteiger partial charge in [-0.1, -0.05) is 5.92 Å². The van der Waals surface area contributed by atoms with Crippen LogP contribution in [-0.2, 0) is 0 Å². The van der Waals surface area contributed by atoms with Gasteiger partial charge in [-0.05, 0) is 30.9 Å². The number of pyridine rings is 1. The molecule has 3 heteroatoms. The molecule has 0 radical (unpaired) electrons. The van der Waals surface area contributed by atoms with Crippen LogP contribution in [0.15, 0.2) is 24.5 Å². The van der Waals surface area contributed by atoms with Crippen molar-refractivity contribution in [1.82, 2.24) is 9.88 Å². The number of carbonyl (C=O) groups excluding carboxylic acids is 1. The van der Waals surface area contributed by atoms with Crippen molar-refractivity contribution >= 4 is 5.91 Å². The Morgan fingerprint density at radius 2 is 2.19 bits per heavy atom. The Labute approximate surface area is 95.5 Å². The van der Waals surface area contributed by atoms with Crippen molar-refractivity contribution in [3.63, 3.8) is 0 Å². The molecule has 0 atom stereocenters. The number of rotatable bonds is 4. The quantitative estimate of drug-likeness (QED) is 0.713. The van der Waals surface area contributed by atoms with E-state index in [1.54, 1.807) is 29.4 Å². The highest BCUT2D eigenvalue weighted by molar-refractivity contribution is 5.94. The molecule has 1 aliphatic rings. The van der Waals surface area contributed by atoms with Gasteiger partial charge in [0.2, 0.25) is 0 Å². The molecule has 0 N–H and O–H groups in total. The number of aromatic nitrogens is 1. The minimum atomic E-state index is 0.00671. The SMILES string of the molecule is C#CCN(CC1CC1)C(=O)c1ccncc1. The topological polar surface area (TPSA) is 33.2 Å². The van der Waals surface area contributed by atoms with Crippen molar-refractivity contribution in [2.24, 2.45) is 5.92 Å². The minimum Gasteiger partial charge on any atom is -0.327 e. The van der Waals surface area contributed by atoms with Gasteiger partial charge in [-0.2, -0.15) is 0 Å². The van der Waals surface area contributed by atoms with E-state index in [1.807, 2.05) is 0 Å². The summed E-state index contributed by atoms with van der Waals surface area (Å²) in [4.78, 5) is 17.7. The molecule has 1 aliphatic carbocycles. The molecule has 0 saturated heterocycles. The van der Waals surface area contributed by atoms with E-state index in [-0.39, 0.29) is 5.91 Å². The summed E-state index contributed by atoms with van der Waals surface area (Å²) in [7, 11) is 0. The lowest BCUT2D eigenvalue weighted by molar-refractivity contribution is 0.0769. The van der Waals surface area contributed by atoms with Crippen molar-refractivity contribution < 1.29 is 4.79 Å². The van der Waals surface area contributed by atoms with Crippen molar-refractivity contribution in [2.45, 2.75) is 12.8 Å². The summed E-state index contributed by atoms with van der Waals surface area (Å²) >= 11 is 0. The largest absolute Gasteiger partial charge is 0.327 e. The molecule has 16 heavy (non-hydrogen) atoms. The van der Waals surface area contributed by atoms with Gasteiger partial charge in [-0.25, -0.2) is 0 Å². The van der Waals surface area contributed by atoms with Crippen molar-refractivity contribution in [2.75, 3.05) is 13.1 Å². The summed E-state index contributed by atoms with van der Waals surface area (Å²) in [5, 5.41) is 0. The Hall–Kier alpha value is -1.82. The smallest absolute Gasteiger partial charge is 0.254 e. The average Bonchev–Trinajstić information content (AvgIpc) is 3.13. The van der Waals surface area contributed by atoms with E-state index < -0.39 is 0 Å². The third-order valence-corrected chi connectivity index (χ3v) is 2.67. The second kappa shape index (κ2) is 4.80. The van der Waals surface area contributed by atoms with Gasteiger partial charge in [0.15, 0.2) is 0 Å². The van der Waals surface area contributed by atoms with Gasteiger partial charge in [-0.15, -0.1) is 6.42 Å². The number of nitrogens with zero attached hydrogens (tertiary/aromatic N) is 2. The number of hydrogen-bond donors (Lipinski definition) is 0. The van der Waals surface area contributed by atoms with Crippen LogP contribution in [0.25, 0.3) is 0 Å². The van der Waals surface area contributed by atoms with Gasteiger partial charge in [0.25, 0.3) is 5.91 Å². The van der Waals surface area contributed by atoms with Gasteiger partial charge in [0, 0.05) is 24.5 Å². The first-order chi connectivity index (χ1) is 7.81. The number of terminal acetylenes is 1. The van der Waals surface area contributed by atoms with Crippen molar-refractivity contribution in [3.05, 3.63) is 30.1 Å². The summed E-state index contributed by atoms with van der Waals surface area (Å²) in [6.07, 6.45) is 11.0. The van der Waals surface area contributed by atoms with Crippen LogP contribution < -0.4 is 0 Å². The molecular weight excluding hydrogens is 200 g/mol. The fourth-order valence-corrected chi connectivity index (χ4v) is 1.62. The highest BCUT2D eigenvalue weighted by atomic mass is 16.2. The molecule has 1 fully saturated rings. The second-order valence-corrected chi connectivity index (χ2v) is 4.07. The lowest BCUT2D eigenvalue weighted by Crippen LogP contribution is -2.33. The average molecular weight is 214 g/mol. The van der Waals surface area contributed by atoms with Gasteiger partial charge in [-0.3, -0.25) is 9.78 Å². The van der Waals surface area contributed by atoms with Crippen LogP contribution in [-0.4, -0.2) is 28.9 Å². The van der Waals surface area contributed by atoms with Crippen molar-refractivity contribution in [3.8, 4) is 12.3 Å². The van der Waals surface area contributed by atoms with Crippen LogP contribution in [0.1, 0.15) is 23.2 Å². The molecule has 1 aromatic heterocycles. The van der Waals surface area contributed by atoms with E-state index in [9.17, 15) is 4.79 Å². The Morgan fingerprint density at radius 3 is 2.75 bits per heavy atom. The second-order valence-electron chi connectivity index (χ2n) is 4.07. The third-order valence-electron chi connectivity index (χ3n) is 2.67. The van der Waals surface area contributed by atoms with Gasteiger partial charge in [0.05, 0.1) is 6.54 Å². The molecule has 0 spiro atoms. The Kier molecular flexibility index (Phi) is 3.21. The molecule has 2 rings (SSSR count). The number of amides is 1. The zero-order chi connectivity index (χ0) is 11.4. The Morgan fingerprint density at radius 1 is 1.50 bits per heavy atom. The zero-order valence-electron chi connectivity index (χ0n) is 9.10. The predicted octanol–water partition coefficient (Wildman–Crippen LogP) is 1.57. The fraction of sp³-hybridized carbons (Fsp3) is 0.385. The van der Waals surface area contributed by atoms with E-state index in [1.165, 1.54) is 12.8 Å². The first-order valence-electron chi connectivity index (χ1n) is 5.44. The maximum absolute atomic E-state index is 12.1. The first kappa shape index (κ1) is 10.7. The van der Waals surface area contributed by atoms with E-state index in [2.05, 4.69) is 10.9 Å². The summed E-state index contributed by atoms with van der Waals surface area (Å²) in [6, 6.07) is 3.44. The highest BCUT2D eigenvalue weighted by Gasteiger charge is 2.26. The maximum atomic E-state index is 12.1. The van der Waals surface area contributed by atoms with Crippen LogP contribution >= 0.6 is 0 Å². The third kappa shape index (κ3) is 2.60. The molecule has 0 bridgehead atoms. The van der Waals surface area contributed by atoms with Crippen LogP contribution in [0.2, 0.25) is 0 Å². The summed E-state index contributed by atoms with van der Waals surface area (Å²) in [6.45, 7) is 1.17. The lowest BCUT2D eigenvalue weighted by atomic mass is 10.2. The van der Waals surface area contributed by atoms with E-state index >= 15 is 0 Å². The van der Waals surface area contributed by atoms with Crippen LogP contribution in [0, 0.1) is 18.3 Å². The van der Waals surface area contributed by atoms with E-state index in [0.29, 0.717) is 18.0 Å². The van der Waals surface area contributed by atoms with Gasteiger partial charge in [0.1, 0.15) is 0 Å². The molecule has 0 aromatic carbocycles. The van der Waals surface area contributed by atoms with Crippen LogP contribution in [0.3, 0.4) is 0 Å². The van der Waals surface area contributed by atoms with Crippen molar-refractivity contribution in [1.29, 1.82) is 0 Å². The minimum absolute atomic E-state index is 0.00671. The maximum Gasteiger partial charge on any atom is 0.254 e. The number of hydrogen-bond acceptors (Lipinski definition) is 2. The Bertz CT molecular complexity index is 404. The lowest BCUT2D eigenvalue weighted by Gasteiger charge is -2.19. The van der Waals surface area contributed by atoms with Gasteiger partial charge < -0.3 is 4.90 Å². The van der Waals surface area contributed by atoms with Gasteiger partial charge >= 0.3 is 0 Å². The standard InChI is InChI=1S/C13H14N2O/c1-2-9-15(10-11-3-4-11)13(16)12-5-7-14-8-6-12/h1,5-8,11H,3-4,9-10H2. The van der Waals surface area contributed by atoms with Crippen LogP contribution in [0.5, 0.6) is 0 Å². The molecule has 0 unspecified atom stereocenters. The molecule has 1 amide bonds. The highest BCUT2D eigenvalue weighted by Crippen LogP contribution is 2.29. The van der Waals surface area contributed by atoms with E-state index in [4.69, 9.17) is 6.42 Å². The van der Waals surface area contributed by atoms with E-state index in [0.717, 1.165) is 6.54 Å². The summed E-state index contributed by atoms with van der Waals surface area (Å²) in [5.74, 6) is 3.20. The zero-order valence-corrected chi connectivity index (χ0v) is 9.10. The summed E-state index contributed by atoms with van der Waals surface area (Å²) < 4.78 is 0. The predicted molar refractivity (Wildman–Crippen MR) is 61.7 cm³/mol. The fourth-order valence-electron chi connectivity index (χ4n) is 1.62. The summed E-state index contributed by atoms with van der Waals surface area (Å²) in [5.41, 5.74) is 0.658. The monoisotopic (exact) mass is 214 g/mol. The molecule has 0 aliphatic heterocycles. The molecule has 1 aromatic rings. The van der Waals surface area contributed by atoms with Crippen LogP contribution in [0.4, 0.5) is 0 Å². The first-order valence-corrected chi connectivity index (χ1v) is 5.44. The molecule has 1 heterocycles.